The summed E-state index contributed by atoms with van der Waals surface area (Å²) in [7, 11) is 1.41. The first kappa shape index (κ1) is 17.1. The van der Waals surface area contributed by atoms with Crippen molar-refractivity contribution < 1.29 is 22.3 Å². The monoisotopic (exact) mass is 370 g/mol. The molecule has 0 aliphatic rings. The molecule has 0 bridgehead atoms. The SMILES string of the molecule is COc1ccc(Cl)cc1-n1nc(-c2ccc(C(F)(F)F)cc2)oc1=O. The van der Waals surface area contributed by atoms with E-state index < -0.39 is 17.5 Å². The molecule has 0 unspecified atom stereocenters. The minimum atomic E-state index is -4.45. The molecule has 0 aliphatic carbocycles. The maximum Gasteiger partial charge on any atom is 0.442 e. The van der Waals surface area contributed by atoms with Gasteiger partial charge in [0.2, 0.25) is 5.89 Å². The van der Waals surface area contributed by atoms with E-state index in [1.165, 1.54) is 25.3 Å². The fourth-order valence-corrected chi connectivity index (χ4v) is 2.34. The Bertz CT molecular complexity index is 962. The van der Waals surface area contributed by atoms with Gasteiger partial charge >= 0.3 is 11.9 Å². The lowest BCUT2D eigenvalue weighted by Crippen LogP contribution is -2.14. The van der Waals surface area contributed by atoms with E-state index in [-0.39, 0.29) is 17.1 Å². The number of alkyl halides is 3. The molecule has 3 rings (SSSR count). The molecule has 5 nitrogen and oxygen atoms in total. The summed E-state index contributed by atoms with van der Waals surface area (Å²) in [5, 5.41) is 4.36. The van der Waals surface area contributed by atoms with Gasteiger partial charge in [0, 0.05) is 10.6 Å². The number of methoxy groups -OCH3 is 1. The highest BCUT2D eigenvalue weighted by Crippen LogP contribution is 2.31. The second-order valence-electron chi connectivity index (χ2n) is 4.98. The van der Waals surface area contributed by atoms with Gasteiger partial charge in [-0.15, -0.1) is 5.10 Å². The van der Waals surface area contributed by atoms with Crippen molar-refractivity contribution in [3.63, 3.8) is 0 Å². The largest absolute Gasteiger partial charge is 0.494 e. The molecule has 0 atom stereocenters. The Labute approximate surface area is 144 Å². The van der Waals surface area contributed by atoms with E-state index in [9.17, 15) is 18.0 Å². The molecule has 2 aromatic carbocycles. The fourth-order valence-electron chi connectivity index (χ4n) is 2.18. The van der Waals surface area contributed by atoms with Crippen LogP contribution in [0.4, 0.5) is 13.2 Å². The van der Waals surface area contributed by atoms with Crippen LogP contribution in [0.25, 0.3) is 17.1 Å². The van der Waals surface area contributed by atoms with Gasteiger partial charge in [-0.3, -0.25) is 0 Å². The molecule has 0 radical (unpaired) electrons. The van der Waals surface area contributed by atoms with Gasteiger partial charge in [-0.1, -0.05) is 11.6 Å². The lowest BCUT2D eigenvalue weighted by molar-refractivity contribution is -0.137. The van der Waals surface area contributed by atoms with Crippen molar-refractivity contribution in [3.05, 3.63) is 63.6 Å². The predicted octanol–water partition coefficient (Wildman–Crippen LogP) is 4.17. The summed E-state index contributed by atoms with van der Waals surface area (Å²) in [4.78, 5) is 12.1. The third-order valence-corrected chi connectivity index (χ3v) is 3.61. The van der Waals surface area contributed by atoms with Crippen molar-refractivity contribution >= 4 is 11.6 Å². The Kier molecular flexibility index (Phi) is 4.30. The number of hydrogen-bond acceptors (Lipinski definition) is 4. The van der Waals surface area contributed by atoms with Crippen LogP contribution in [-0.2, 0) is 6.18 Å². The van der Waals surface area contributed by atoms with Crippen molar-refractivity contribution in [3.8, 4) is 22.9 Å². The Hall–Kier alpha value is -2.74. The molecule has 0 fully saturated rings. The summed E-state index contributed by atoms with van der Waals surface area (Å²) in [6.07, 6.45) is -4.45. The number of benzene rings is 2. The molecule has 0 saturated carbocycles. The topological polar surface area (TPSA) is 57.3 Å². The first-order valence-electron chi connectivity index (χ1n) is 6.91. The van der Waals surface area contributed by atoms with E-state index in [4.69, 9.17) is 20.8 Å². The smallest absolute Gasteiger partial charge is 0.442 e. The number of nitrogens with zero attached hydrogens (tertiary/aromatic N) is 2. The van der Waals surface area contributed by atoms with Crippen molar-refractivity contribution in [1.29, 1.82) is 0 Å². The zero-order valence-electron chi connectivity index (χ0n) is 12.7. The first-order valence-corrected chi connectivity index (χ1v) is 7.29. The van der Waals surface area contributed by atoms with Crippen molar-refractivity contribution in [2.75, 3.05) is 7.11 Å². The number of aromatic nitrogens is 2. The molecular weight excluding hydrogens is 361 g/mol. The van der Waals surface area contributed by atoms with Gasteiger partial charge in [0.05, 0.1) is 12.7 Å². The molecule has 0 aliphatic heterocycles. The average molecular weight is 371 g/mol. The minimum Gasteiger partial charge on any atom is -0.494 e. The highest BCUT2D eigenvalue weighted by Gasteiger charge is 2.30. The molecule has 130 valence electrons. The Morgan fingerprint density at radius 2 is 1.84 bits per heavy atom. The standard InChI is InChI=1S/C16H10ClF3N2O3/c1-24-13-7-6-11(17)8-12(13)22-15(23)25-14(21-22)9-2-4-10(5-3-9)16(18,19)20/h2-8H,1H3. The number of ether oxygens (including phenoxy) is 1. The lowest BCUT2D eigenvalue weighted by atomic mass is 10.1. The number of rotatable bonds is 3. The third-order valence-electron chi connectivity index (χ3n) is 3.38. The zero-order chi connectivity index (χ0) is 18.2. The van der Waals surface area contributed by atoms with Crippen LogP contribution >= 0.6 is 11.6 Å². The normalized spacial score (nSPS) is 11.6. The molecule has 0 saturated heterocycles. The Morgan fingerprint density at radius 3 is 2.44 bits per heavy atom. The maximum atomic E-state index is 12.6. The molecular formula is C16H10ClF3N2O3. The van der Waals surface area contributed by atoms with Crippen molar-refractivity contribution in [2.24, 2.45) is 0 Å². The summed E-state index contributed by atoms with van der Waals surface area (Å²) < 4.78 is 49.0. The molecule has 1 heterocycles. The van der Waals surface area contributed by atoms with Gasteiger partial charge in [0.1, 0.15) is 11.4 Å². The first-order chi connectivity index (χ1) is 11.8. The van der Waals surface area contributed by atoms with E-state index in [2.05, 4.69) is 5.10 Å². The lowest BCUT2D eigenvalue weighted by Gasteiger charge is -2.07. The van der Waals surface area contributed by atoms with E-state index in [0.29, 0.717) is 10.8 Å². The van der Waals surface area contributed by atoms with Gasteiger partial charge in [-0.2, -0.15) is 17.9 Å². The molecule has 25 heavy (non-hydrogen) atoms. The molecule has 0 N–H and O–H groups in total. The maximum absolute atomic E-state index is 12.6. The molecule has 9 heteroatoms. The van der Waals surface area contributed by atoms with Crippen LogP contribution in [0.1, 0.15) is 5.56 Å². The van der Waals surface area contributed by atoms with Crippen molar-refractivity contribution in [2.45, 2.75) is 6.18 Å². The summed E-state index contributed by atoms with van der Waals surface area (Å²) in [5.74, 6) is -0.616. The van der Waals surface area contributed by atoms with Crippen LogP contribution in [0.3, 0.4) is 0 Å². The van der Waals surface area contributed by atoms with Crippen LogP contribution in [-0.4, -0.2) is 16.9 Å². The van der Waals surface area contributed by atoms with Gasteiger partial charge in [0.15, 0.2) is 0 Å². The van der Waals surface area contributed by atoms with Gasteiger partial charge in [-0.05, 0) is 42.5 Å². The molecule has 1 aromatic heterocycles. The molecule has 0 amide bonds. The van der Waals surface area contributed by atoms with Crippen LogP contribution in [0, 0.1) is 0 Å². The summed E-state index contributed by atoms with van der Waals surface area (Å²) >= 11 is 5.92. The van der Waals surface area contributed by atoms with Crippen LogP contribution < -0.4 is 10.5 Å². The zero-order valence-corrected chi connectivity index (χ0v) is 13.4. The van der Waals surface area contributed by atoms with E-state index in [1.807, 2.05) is 0 Å². The average Bonchev–Trinajstić information content (AvgIpc) is 2.96. The van der Waals surface area contributed by atoms with Gasteiger partial charge < -0.3 is 9.15 Å². The van der Waals surface area contributed by atoms with Crippen molar-refractivity contribution in [1.82, 2.24) is 9.78 Å². The van der Waals surface area contributed by atoms with E-state index in [1.54, 1.807) is 12.1 Å². The Morgan fingerprint density at radius 1 is 1.16 bits per heavy atom. The number of hydrogen-bond donors (Lipinski definition) is 0. The number of halogens is 4. The summed E-state index contributed by atoms with van der Waals surface area (Å²) in [5.41, 5.74) is -0.332. The highest BCUT2D eigenvalue weighted by atomic mass is 35.5. The summed E-state index contributed by atoms with van der Waals surface area (Å²) in [6, 6.07) is 8.70. The van der Waals surface area contributed by atoms with Gasteiger partial charge in [-0.25, -0.2) is 4.79 Å². The minimum absolute atomic E-state index is 0.124. The Balaban J connectivity index is 2.04. The third kappa shape index (κ3) is 3.39. The van der Waals surface area contributed by atoms with Crippen LogP contribution in [0.2, 0.25) is 5.02 Å². The van der Waals surface area contributed by atoms with E-state index >= 15 is 0 Å². The highest BCUT2D eigenvalue weighted by molar-refractivity contribution is 6.30. The van der Waals surface area contributed by atoms with Crippen LogP contribution in [0.5, 0.6) is 5.75 Å². The quantitative estimate of drug-likeness (QED) is 0.694. The second-order valence-corrected chi connectivity index (χ2v) is 5.41. The van der Waals surface area contributed by atoms with E-state index in [0.717, 1.165) is 16.8 Å². The predicted molar refractivity (Wildman–Crippen MR) is 84.1 cm³/mol. The summed E-state index contributed by atoms with van der Waals surface area (Å²) in [6.45, 7) is 0. The fraction of sp³-hybridized carbons (Fsp3) is 0.125. The molecule has 0 spiro atoms. The van der Waals surface area contributed by atoms with Gasteiger partial charge in [0.25, 0.3) is 0 Å². The van der Waals surface area contributed by atoms with Crippen LogP contribution in [0.15, 0.2) is 51.7 Å². The molecule has 3 aromatic rings. The second kappa shape index (κ2) is 6.29.